The van der Waals surface area contributed by atoms with E-state index in [1.165, 1.54) is 12.1 Å². The summed E-state index contributed by atoms with van der Waals surface area (Å²) in [5.41, 5.74) is 2.74. The van der Waals surface area contributed by atoms with Gasteiger partial charge >= 0.3 is 12.1 Å². The topological polar surface area (TPSA) is 92.6 Å². The Hall–Kier alpha value is -3.92. The van der Waals surface area contributed by atoms with Crippen molar-refractivity contribution in [2.45, 2.75) is 32.0 Å². The van der Waals surface area contributed by atoms with Crippen molar-refractivity contribution in [3.63, 3.8) is 0 Å². The number of rotatable bonds is 7. The summed E-state index contributed by atoms with van der Waals surface area (Å²) in [5.74, 6) is -1.25. The van der Waals surface area contributed by atoms with Gasteiger partial charge in [0.15, 0.2) is 17.2 Å². The number of carboxylic acids is 1. The largest absolute Gasteiger partial charge is 0.481 e. The highest BCUT2D eigenvalue weighted by Gasteiger charge is 2.43. The zero-order valence-corrected chi connectivity index (χ0v) is 19.3. The average Bonchev–Trinajstić information content (AvgIpc) is 3.47. The second kappa shape index (κ2) is 9.27. The Bertz CT molecular complexity index is 1410. The van der Waals surface area contributed by atoms with Gasteiger partial charge < -0.3 is 19.1 Å². The molecule has 2 heterocycles. The summed E-state index contributed by atoms with van der Waals surface area (Å²) < 4.78 is 53.1. The Labute approximate surface area is 204 Å². The van der Waals surface area contributed by atoms with E-state index in [-0.39, 0.29) is 23.5 Å². The maximum absolute atomic E-state index is 14.1. The van der Waals surface area contributed by atoms with Gasteiger partial charge in [0.05, 0.1) is 6.42 Å². The molecule has 0 radical (unpaired) electrons. The standard InChI is InChI=1S/C26H22F3N3O4/c1-32(12-11-20(33)34)14-15-7-9-18-17(13-15)8-10-19-22(18)30-36-25(19)23-21(26(27,28)29)24(35-31-23)16-5-3-2-4-6-16/h2-7,9,13H,8,10-12,14H2,1H3,(H,33,34). The molecule has 0 bridgehead atoms. The van der Waals surface area contributed by atoms with Gasteiger partial charge in [-0.3, -0.25) is 4.79 Å². The summed E-state index contributed by atoms with van der Waals surface area (Å²) in [5, 5.41) is 16.8. The fraction of sp³-hybridized carbons (Fsp3) is 0.269. The molecule has 1 aliphatic rings. The number of hydrogen-bond acceptors (Lipinski definition) is 6. The van der Waals surface area contributed by atoms with Gasteiger partial charge in [-0.05, 0) is 31.0 Å². The second-order valence-corrected chi connectivity index (χ2v) is 8.81. The molecule has 0 saturated carbocycles. The number of nitrogens with zero attached hydrogens (tertiary/aromatic N) is 3. The van der Waals surface area contributed by atoms with Crippen molar-refractivity contribution >= 4 is 5.97 Å². The van der Waals surface area contributed by atoms with Crippen LogP contribution in [-0.4, -0.2) is 39.9 Å². The SMILES string of the molecule is CN(CCC(=O)O)Cc1ccc2c(c1)CCc1c-2noc1-c1noc(-c2ccccc2)c1C(F)(F)F. The van der Waals surface area contributed by atoms with Crippen molar-refractivity contribution in [3.05, 3.63) is 70.8 Å². The monoisotopic (exact) mass is 497 g/mol. The lowest BCUT2D eigenvalue weighted by Gasteiger charge is -2.19. The molecule has 10 heteroatoms. The highest BCUT2D eigenvalue weighted by atomic mass is 19.4. The minimum atomic E-state index is -4.71. The molecule has 186 valence electrons. The van der Waals surface area contributed by atoms with Crippen LogP contribution < -0.4 is 0 Å². The van der Waals surface area contributed by atoms with Crippen LogP contribution in [-0.2, 0) is 30.4 Å². The smallest absolute Gasteiger partial charge is 0.422 e. The number of aliphatic carboxylic acids is 1. The number of fused-ring (bicyclic) bond motifs is 3. The minimum Gasteiger partial charge on any atom is -0.481 e. The van der Waals surface area contributed by atoms with Crippen molar-refractivity contribution in [2.24, 2.45) is 0 Å². The third kappa shape index (κ3) is 4.51. The summed E-state index contributed by atoms with van der Waals surface area (Å²) >= 11 is 0. The number of benzene rings is 2. The first-order chi connectivity index (χ1) is 17.2. The third-order valence-corrected chi connectivity index (χ3v) is 6.24. The van der Waals surface area contributed by atoms with E-state index in [0.717, 1.165) is 16.7 Å². The molecular weight excluding hydrogens is 475 g/mol. The van der Waals surface area contributed by atoms with Gasteiger partial charge in [0.1, 0.15) is 11.3 Å². The Morgan fingerprint density at radius 3 is 2.47 bits per heavy atom. The highest BCUT2D eigenvalue weighted by molar-refractivity contribution is 5.79. The molecule has 0 unspecified atom stereocenters. The molecule has 1 aliphatic carbocycles. The van der Waals surface area contributed by atoms with E-state index in [2.05, 4.69) is 10.3 Å². The minimum absolute atomic E-state index is 0.0358. The third-order valence-electron chi connectivity index (χ3n) is 6.24. The molecule has 5 rings (SSSR count). The van der Waals surface area contributed by atoms with Crippen LogP contribution >= 0.6 is 0 Å². The number of halogens is 3. The quantitative estimate of drug-likeness (QED) is 0.351. The highest BCUT2D eigenvalue weighted by Crippen LogP contribution is 2.46. The molecule has 0 amide bonds. The molecule has 0 fully saturated rings. The van der Waals surface area contributed by atoms with E-state index in [0.29, 0.717) is 37.2 Å². The van der Waals surface area contributed by atoms with Gasteiger partial charge in [0, 0.05) is 29.8 Å². The number of carbonyl (C=O) groups is 1. The number of aryl methyl sites for hydroxylation is 1. The van der Waals surface area contributed by atoms with E-state index >= 15 is 0 Å². The molecule has 7 nitrogen and oxygen atoms in total. The molecule has 0 saturated heterocycles. The first-order valence-electron chi connectivity index (χ1n) is 11.4. The summed E-state index contributed by atoms with van der Waals surface area (Å²) in [6.07, 6.45) is -3.63. The summed E-state index contributed by atoms with van der Waals surface area (Å²) in [6, 6.07) is 13.8. The van der Waals surface area contributed by atoms with Gasteiger partial charge in [-0.25, -0.2) is 0 Å². The molecule has 4 aromatic rings. The van der Waals surface area contributed by atoms with Crippen LogP contribution in [0.3, 0.4) is 0 Å². The van der Waals surface area contributed by atoms with Crippen LogP contribution in [0, 0.1) is 0 Å². The molecule has 0 spiro atoms. The molecular formula is C26H22F3N3O4. The molecule has 2 aromatic heterocycles. The lowest BCUT2D eigenvalue weighted by Crippen LogP contribution is -2.21. The van der Waals surface area contributed by atoms with Gasteiger partial charge in [-0.15, -0.1) is 0 Å². The fourth-order valence-electron chi connectivity index (χ4n) is 4.55. The van der Waals surface area contributed by atoms with E-state index in [9.17, 15) is 18.0 Å². The van der Waals surface area contributed by atoms with Crippen molar-refractivity contribution in [1.29, 1.82) is 0 Å². The van der Waals surface area contributed by atoms with E-state index in [4.69, 9.17) is 14.2 Å². The molecule has 0 aliphatic heterocycles. The fourth-order valence-corrected chi connectivity index (χ4v) is 4.55. The van der Waals surface area contributed by atoms with Gasteiger partial charge in [0.25, 0.3) is 0 Å². The Balaban J connectivity index is 1.48. The number of hydrogen-bond donors (Lipinski definition) is 1. The van der Waals surface area contributed by atoms with E-state index < -0.39 is 23.4 Å². The first kappa shape index (κ1) is 23.8. The number of aromatic nitrogens is 2. The van der Waals surface area contributed by atoms with Crippen molar-refractivity contribution in [2.75, 3.05) is 13.6 Å². The second-order valence-electron chi connectivity index (χ2n) is 8.81. The summed E-state index contributed by atoms with van der Waals surface area (Å²) in [4.78, 5) is 12.7. The van der Waals surface area contributed by atoms with Crippen LogP contribution in [0.15, 0.2) is 57.6 Å². The van der Waals surface area contributed by atoms with Crippen LogP contribution in [0.2, 0.25) is 0 Å². The predicted octanol–water partition coefficient (Wildman–Crippen LogP) is 5.69. The number of carboxylic acid groups (broad SMARTS) is 1. The van der Waals surface area contributed by atoms with Gasteiger partial charge in [-0.1, -0.05) is 58.8 Å². The van der Waals surface area contributed by atoms with Crippen LogP contribution in [0.25, 0.3) is 34.0 Å². The normalized spacial score (nSPS) is 13.0. The molecule has 1 N–H and O–H groups in total. The lowest BCUT2D eigenvalue weighted by atomic mass is 9.87. The van der Waals surface area contributed by atoms with Crippen LogP contribution in [0.1, 0.15) is 28.7 Å². The van der Waals surface area contributed by atoms with E-state index in [1.807, 2.05) is 30.1 Å². The van der Waals surface area contributed by atoms with E-state index in [1.54, 1.807) is 18.2 Å². The molecule has 0 atom stereocenters. The zero-order valence-electron chi connectivity index (χ0n) is 19.3. The van der Waals surface area contributed by atoms with Crippen molar-refractivity contribution in [1.82, 2.24) is 15.2 Å². The maximum Gasteiger partial charge on any atom is 0.422 e. The number of alkyl halides is 3. The van der Waals surface area contributed by atoms with Crippen LogP contribution in [0.5, 0.6) is 0 Å². The van der Waals surface area contributed by atoms with Crippen molar-refractivity contribution < 1.29 is 32.1 Å². The van der Waals surface area contributed by atoms with Gasteiger partial charge in [0.2, 0.25) is 0 Å². The summed E-state index contributed by atoms with van der Waals surface area (Å²) in [7, 11) is 1.85. The van der Waals surface area contributed by atoms with Gasteiger partial charge in [-0.2, -0.15) is 13.2 Å². The molecule has 2 aromatic carbocycles. The predicted molar refractivity (Wildman–Crippen MR) is 124 cm³/mol. The Morgan fingerprint density at radius 1 is 1.03 bits per heavy atom. The Morgan fingerprint density at radius 2 is 1.75 bits per heavy atom. The van der Waals surface area contributed by atoms with Crippen LogP contribution in [0.4, 0.5) is 13.2 Å². The maximum atomic E-state index is 14.1. The lowest BCUT2D eigenvalue weighted by molar-refractivity contribution is -0.138. The first-order valence-corrected chi connectivity index (χ1v) is 11.4. The Kier molecular flexibility index (Phi) is 6.13. The molecule has 36 heavy (non-hydrogen) atoms. The van der Waals surface area contributed by atoms with Crippen molar-refractivity contribution in [3.8, 4) is 34.0 Å². The summed E-state index contributed by atoms with van der Waals surface area (Å²) in [6.45, 7) is 1.00. The average molecular weight is 497 g/mol. The zero-order chi connectivity index (χ0) is 25.4.